The first kappa shape index (κ1) is 27.2. The Morgan fingerprint density at radius 2 is 1.61 bits per heavy atom. The molecule has 2 aromatic carbocycles. The summed E-state index contributed by atoms with van der Waals surface area (Å²) in [7, 11) is -3.01. The monoisotopic (exact) mass is 558 g/mol. The Bertz CT molecular complexity index is 888. The van der Waals surface area contributed by atoms with Crippen LogP contribution in [0.4, 0.5) is 5.69 Å². The van der Waals surface area contributed by atoms with Crippen molar-refractivity contribution in [2.45, 2.75) is 32.6 Å². The lowest BCUT2D eigenvalue weighted by Gasteiger charge is -2.23. The van der Waals surface area contributed by atoms with Gasteiger partial charge in [-0.2, -0.15) is 0 Å². The molecule has 0 unspecified atom stereocenters. The quantitative estimate of drug-likeness (QED) is 0.190. The lowest BCUT2D eigenvalue weighted by atomic mass is 10.1. The van der Waals surface area contributed by atoms with Crippen molar-refractivity contribution in [3.63, 3.8) is 0 Å². The maximum Gasteiger partial charge on any atom is 0.191 e. The smallest absolute Gasteiger partial charge is 0.191 e. The second kappa shape index (κ2) is 14.3. The van der Waals surface area contributed by atoms with Gasteiger partial charge in [0, 0.05) is 38.1 Å². The van der Waals surface area contributed by atoms with Crippen LogP contribution in [0.1, 0.15) is 31.4 Å². The van der Waals surface area contributed by atoms with Gasteiger partial charge in [-0.3, -0.25) is 0 Å². The first-order valence-electron chi connectivity index (χ1n) is 10.5. The molecule has 31 heavy (non-hydrogen) atoms. The number of nitrogens with zero attached hydrogens (tertiary/aromatic N) is 2. The Balaban J connectivity index is 0.00000480. The van der Waals surface area contributed by atoms with Crippen molar-refractivity contribution in [1.82, 2.24) is 10.6 Å². The second-order valence-electron chi connectivity index (χ2n) is 7.28. The number of halogens is 1. The molecule has 2 aromatic rings. The standard InChI is InChI=1S/C23H34N4O2S.HI/c1-4-24-23(25-16-9-17-27(5-2)22-10-7-6-8-11-22)26-18-20-12-14-21(15-13-20)19-30(3,28)29;/h6-8,10-15H,4-5,9,16-19H2,1-3H3,(H2,24,25,26);1H. The third kappa shape index (κ3) is 10.9. The minimum Gasteiger partial charge on any atom is -0.372 e. The number of sulfone groups is 1. The first-order chi connectivity index (χ1) is 14.4. The summed E-state index contributed by atoms with van der Waals surface area (Å²) in [6.07, 6.45) is 2.26. The van der Waals surface area contributed by atoms with Crippen LogP contribution in [-0.4, -0.2) is 46.8 Å². The van der Waals surface area contributed by atoms with Crippen molar-refractivity contribution >= 4 is 45.5 Å². The fourth-order valence-electron chi connectivity index (χ4n) is 3.14. The molecule has 0 fully saturated rings. The highest BCUT2D eigenvalue weighted by atomic mass is 127. The van der Waals surface area contributed by atoms with Crippen molar-refractivity contribution in [3.8, 4) is 0 Å². The van der Waals surface area contributed by atoms with Crippen molar-refractivity contribution in [3.05, 3.63) is 65.7 Å². The average molecular weight is 559 g/mol. The molecule has 6 nitrogen and oxygen atoms in total. The average Bonchev–Trinajstić information content (AvgIpc) is 2.72. The highest BCUT2D eigenvalue weighted by molar-refractivity contribution is 14.0. The van der Waals surface area contributed by atoms with Gasteiger partial charge >= 0.3 is 0 Å². The van der Waals surface area contributed by atoms with Gasteiger partial charge in [0.2, 0.25) is 0 Å². The van der Waals surface area contributed by atoms with E-state index in [9.17, 15) is 8.42 Å². The van der Waals surface area contributed by atoms with Crippen LogP contribution in [0.3, 0.4) is 0 Å². The molecule has 2 N–H and O–H groups in total. The maximum absolute atomic E-state index is 11.4. The van der Waals surface area contributed by atoms with E-state index in [1.165, 1.54) is 11.9 Å². The summed E-state index contributed by atoms with van der Waals surface area (Å²) in [5, 5.41) is 6.67. The number of guanidine groups is 1. The zero-order valence-electron chi connectivity index (χ0n) is 18.7. The van der Waals surface area contributed by atoms with Crippen molar-refractivity contribution in [2.75, 3.05) is 37.3 Å². The first-order valence-corrected chi connectivity index (χ1v) is 12.5. The number of rotatable bonds is 11. The maximum atomic E-state index is 11.4. The van der Waals surface area contributed by atoms with Crippen LogP contribution in [0.25, 0.3) is 0 Å². The summed E-state index contributed by atoms with van der Waals surface area (Å²) in [6.45, 7) is 8.35. The minimum atomic E-state index is -3.01. The summed E-state index contributed by atoms with van der Waals surface area (Å²) in [6, 6.07) is 18.0. The van der Waals surface area contributed by atoms with E-state index in [1.807, 2.05) is 37.3 Å². The molecule has 0 aliphatic carbocycles. The topological polar surface area (TPSA) is 73.8 Å². The summed E-state index contributed by atoms with van der Waals surface area (Å²) < 4.78 is 22.8. The summed E-state index contributed by atoms with van der Waals surface area (Å²) in [4.78, 5) is 7.01. The molecule has 0 saturated carbocycles. The summed E-state index contributed by atoms with van der Waals surface area (Å²) in [5.74, 6) is 0.860. The molecule has 0 spiro atoms. The van der Waals surface area contributed by atoms with Gasteiger partial charge < -0.3 is 15.5 Å². The van der Waals surface area contributed by atoms with Crippen LogP contribution in [0, 0.1) is 0 Å². The number of benzene rings is 2. The van der Waals surface area contributed by atoms with Gasteiger partial charge in [0.1, 0.15) is 0 Å². The number of anilines is 1. The minimum absolute atomic E-state index is 0. The number of para-hydroxylation sites is 1. The van der Waals surface area contributed by atoms with Crippen molar-refractivity contribution < 1.29 is 8.42 Å². The van der Waals surface area contributed by atoms with Gasteiger partial charge in [0.15, 0.2) is 15.8 Å². The molecule has 0 aliphatic heterocycles. The molecule has 0 atom stereocenters. The van der Waals surface area contributed by atoms with Crippen molar-refractivity contribution in [1.29, 1.82) is 0 Å². The molecule has 0 radical (unpaired) electrons. The Morgan fingerprint density at radius 1 is 0.968 bits per heavy atom. The molecule has 0 bridgehead atoms. The van der Waals surface area contributed by atoms with E-state index < -0.39 is 9.84 Å². The van der Waals surface area contributed by atoms with E-state index in [1.54, 1.807) is 0 Å². The van der Waals surface area contributed by atoms with Gasteiger partial charge in [-0.25, -0.2) is 13.4 Å². The van der Waals surface area contributed by atoms with Crippen molar-refractivity contribution in [2.24, 2.45) is 4.99 Å². The largest absolute Gasteiger partial charge is 0.372 e. The molecule has 0 saturated heterocycles. The predicted molar refractivity (Wildman–Crippen MR) is 142 cm³/mol. The van der Waals surface area contributed by atoms with E-state index in [-0.39, 0.29) is 29.7 Å². The molecule has 0 aromatic heterocycles. The Kier molecular flexibility index (Phi) is 12.5. The third-order valence-corrected chi connectivity index (χ3v) is 5.47. The van der Waals surface area contributed by atoms with Crippen LogP contribution in [-0.2, 0) is 22.1 Å². The fourth-order valence-corrected chi connectivity index (χ4v) is 3.94. The molecule has 172 valence electrons. The molecule has 0 aliphatic rings. The molecule has 0 amide bonds. The van der Waals surface area contributed by atoms with Crippen LogP contribution in [0.15, 0.2) is 59.6 Å². The molecular weight excluding hydrogens is 523 g/mol. The zero-order chi connectivity index (χ0) is 21.8. The Hall–Kier alpha value is -1.81. The lowest BCUT2D eigenvalue weighted by Crippen LogP contribution is -2.38. The Morgan fingerprint density at radius 3 is 2.19 bits per heavy atom. The van der Waals surface area contributed by atoms with Gasteiger partial charge in [0.05, 0.1) is 12.3 Å². The van der Waals surface area contributed by atoms with E-state index in [0.29, 0.717) is 6.54 Å². The van der Waals surface area contributed by atoms with Gasteiger partial charge in [-0.1, -0.05) is 42.5 Å². The van der Waals surface area contributed by atoms with E-state index in [0.717, 1.165) is 49.7 Å². The number of hydrogen-bond acceptors (Lipinski definition) is 4. The number of hydrogen-bond donors (Lipinski definition) is 2. The summed E-state index contributed by atoms with van der Waals surface area (Å²) >= 11 is 0. The third-order valence-electron chi connectivity index (χ3n) is 4.62. The highest BCUT2D eigenvalue weighted by Crippen LogP contribution is 2.12. The normalized spacial score (nSPS) is 11.5. The lowest BCUT2D eigenvalue weighted by molar-refractivity contribution is 0.601. The summed E-state index contributed by atoms with van der Waals surface area (Å²) in [5.41, 5.74) is 3.10. The van der Waals surface area contributed by atoms with Crippen LogP contribution in [0.5, 0.6) is 0 Å². The highest BCUT2D eigenvalue weighted by Gasteiger charge is 2.05. The van der Waals surface area contributed by atoms with E-state index in [4.69, 9.17) is 0 Å². The van der Waals surface area contributed by atoms with Gasteiger partial charge in [-0.15, -0.1) is 24.0 Å². The van der Waals surface area contributed by atoms with Gasteiger partial charge in [0.25, 0.3) is 0 Å². The van der Waals surface area contributed by atoms with Crippen LogP contribution >= 0.6 is 24.0 Å². The molecule has 8 heteroatoms. The Labute approximate surface area is 204 Å². The molecule has 0 heterocycles. The predicted octanol–water partition coefficient (Wildman–Crippen LogP) is 3.82. The molecule has 2 rings (SSSR count). The van der Waals surface area contributed by atoms with E-state index >= 15 is 0 Å². The zero-order valence-corrected chi connectivity index (χ0v) is 21.8. The SMILES string of the molecule is CCNC(=NCc1ccc(CS(C)(=O)=O)cc1)NCCCN(CC)c1ccccc1.I. The number of aliphatic imine (C=N–C) groups is 1. The number of nitrogens with one attached hydrogen (secondary N) is 2. The van der Waals surface area contributed by atoms with Crippen LogP contribution in [0.2, 0.25) is 0 Å². The van der Waals surface area contributed by atoms with Crippen LogP contribution < -0.4 is 15.5 Å². The fraction of sp³-hybridized carbons (Fsp3) is 0.435. The van der Waals surface area contributed by atoms with Gasteiger partial charge in [-0.05, 0) is 43.5 Å². The second-order valence-corrected chi connectivity index (χ2v) is 9.42. The van der Waals surface area contributed by atoms with E-state index in [2.05, 4.69) is 51.7 Å². The molecular formula is C23H35IN4O2S.